The Hall–Kier alpha value is -3.02. The van der Waals surface area contributed by atoms with E-state index in [9.17, 15) is 4.79 Å². The number of halogens is 2. The molecule has 0 atom stereocenters. The van der Waals surface area contributed by atoms with Crippen LogP contribution in [0, 0.1) is 0 Å². The quantitative estimate of drug-likeness (QED) is 0.382. The van der Waals surface area contributed by atoms with Gasteiger partial charge in [-0.3, -0.25) is 4.79 Å². The Morgan fingerprint density at radius 2 is 1.84 bits per heavy atom. The van der Waals surface area contributed by atoms with Crippen molar-refractivity contribution in [3.8, 4) is 5.75 Å². The van der Waals surface area contributed by atoms with Gasteiger partial charge in [-0.15, -0.1) is 0 Å². The fourth-order valence-corrected chi connectivity index (χ4v) is 4.09. The van der Waals surface area contributed by atoms with E-state index in [1.54, 1.807) is 13.2 Å². The minimum Gasteiger partial charge on any atom is -0.497 e. The first-order chi connectivity index (χ1) is 15.5. The minimum atomic E-state index is -0.0291. The molecule has 0 saturated heterocycles. The van der Waals surface area contributed by atoms with Gasteiger partial charge in [-0.1, -0.05) is 53.5 Å². The highest BCUT2D eigenvalue weighted by molar-refractivity contribution is 6.35. The number of para-hydroxylation sites is 2. The second-order valence-corrected chi connectivity index (χ2v) is 8.31. The van der Waals surface area contributed by atoms with Crippen molar-refractivity contribution >= 4 is 40.1 Å². The average molecular weight is 468 g/mol. The van der Waals surface area contributed by atoms with Gasteiger partial charge in [-0.05, 0) is 47.5 Å². The van der Waals surface area contributed by atoms with E-state index in [1.807, 2.05) is 60.7 Å². The van der Waals surface area contributed by atoms with Crippen LogP contribution in [0.5, 0.6) is 5.75 Å². The van der Waals surface area contributed by atoms with Crippen LogP contribution in [0.3, 0.4) is 0 Å². The second-order valence-electron chi connectivity index (χ2n) is 7.46. The van der Waals surface area contributed by atoms with Gasteiger partial charge in [0.25, 0.3) is 0 Å². The third-order valence-corrected chi connectivity index (χ3v) is 5.86. The van der Waals surface area contributed by atoms with Crippen LogP contribution in [-0.4, -0.2) is 29.1 Å². The lowest BCUT2D eigenvalue weighted by atomic mass is 10.1. The van der Waals surface area contributed by atoms with Crippen molar-refractivity contribution in [2.75, 3.05) is 13.7 Å². The normalized spacial score (nSPS) is 11.0. The van der Waals surface area contributed by atoms with Crippen LogP contribution in [0.1, 0.15) is 17.0 Å². The Balaban J connectivity index is 1.45. The summed E-state index contributed by atoms with van der Waals surface area (Å²) >= 11 is 12.5. The standard InChI is InChI=1S/C25H23Cl2N3O2/c1-32-20-10-6-17(7-11-20)14-25(31)28-13-12-24-29-22-4-2-3-5-23(22)30(24)16-18-8-9-19(26)15-21(18)27/h2-11,15H,12-14,16H2,1H3,(H,28,31). The van der Waals surface area contributed by atoms with Gasteiger partial charge in [0.05, 0.1) is 31.1 Å². The fourth-order valence-electron chi connectivity index (χ4n) is 3.62. The van der Waals surface area contributed by atoms with Crippen molar-refractivity contribution in [1.29, 1.82) is 0 Å². The number of methoxy groups -OCH3 is 1. The summed E-state index contributed by atoms with van der Waals surface area (Å²) in [6.45, 7) is 1.07. The van der Waals surface area contributed by atoms with E-state index in [2.05, 4.69) is 9.88 Å². The predicted molar refractivity (Wildman–Crippen MR) is 129 cm³/mol. The molecule has 32 heavy (non-hydrogen) atoms. The van der Waals surface area contributed by atoms with E-state index in [0.29, 0.717) is 36.0 Å². The molecule has 1 heterocycles. The highest BCUT2D eigenvalue weighted by Crippen LogP contribution is 2.24. The molecule has 5 nitrogen and oxygen atoms in total. The maximum absolute atomic E-state index is 12.4. The number of nitrogens with zero attached hydrogens (tertiary/aromatic N) is 2. The topological polar surface area (TPSA) is 56.1 Å². The fraction of sp³-hybridized carbons (Fsp3) is 0.200. The molecule has 1 N–H and O–H groups in total. The Bertz CT molecular complexity index is 1240. The first-order valence-corrected chi connectivity index (χ1v) is 11.1. The molecule has 4 rings (SSSR count). The van der Waals surface area contributed by atoms with Gasteiger partial charge in [0.1, 0.15) is 11.6 Å². The molecule has 0 radical (unpaired) electrons. The molecule has 0 aliphatic rings. The number of rotatable bonds is 8. The van der Waals surface area contributed by atoms with Gasteiger partial charge in [0, 0.05) is 23.0 Å². The maximum Gasteiger partial charge on any atom is 0.224 e. The maximum atomic E-state index is 12.4. The Labute approximate surface area is 196 Å². The zero-order chi connectivity index (χ0) is 22.5. The smallest absolute Gasteiger partial charge is 0.224 e. The van der Waals surface area contributed by atoms with Crippen LogP contribution in [0.4, 0.5) is 0 Å². The molecule has 0 bridgehead atoms. The average Bonchev–Trinajstić information content (AvgIpc) is 3.13. The summed E-state index contributed by atoms with van der Waals surface area (Å²) in [5.41, 5.74) is 3.84. The van der Waals surface area contributed by atoms with Crippen molar-refractivity contribution in [2.45, 2.75) is 19.4 Å². The number of aromatic nitrogens is 2. The summed E-state index contributed by atoms with van der Waals surface area (Å²) in [5, 5.41) is 4.22. The number of hydrogen-bond donors (Lipinski definition) is 1. The van der Waals surface area contributed by atoms with Gasteiger partial charge in [-0.25, -0.2) is 4.98 Å². The number of benzene rings is 3. The number of imidazole rings is 1. The van der Waals surface area contributed by atoms with E-state index in [1.165, 1.54) is 0 Å². The third kappa shape index (κ3) is 5.23. The third-order valence-electron chi connectivity index (χ3n) is 5.27. The second kappa shape index (κ2) is 10.1. The van der Waals surface area contributed by atoms with Gasteiger partial charge >= 0.3 is 0 Å². The molecule has 0 unspecified atom stereocenters. The van der Waals surface area contributed by atoms with Crippen LogP contribution in [0.15, 0.2) is 66.7 Å². The summed E-state index contributed by atoms with van der Waals surface area (Å²) in [6, 6.07) is 21.0. The number of nitrogens with one attached hydrogen (secondary N) is 1. The highest BCUT2D eigenvalue weighted by Gasteiger charge is 2.13. The molecular formula is C25H23Cl2N3O2. The van der Waals surface area contributed by atoms with E-state index in [0.717, 1.165) is 33.7 Å². The van der Waals surface area contributed by atoms with Gasteiger partial charge in [-0.2, -0.15) is 0 Å². The molecule has 1 amide bonds. The van der Waals surface area contributed by atoms with E-state index >= 15 is 0 Å². The number of carbonyl (C=O) groups is 1. The molecule has 1 aromatic heterocycles. The molecule has 4 aromatic rings. The Morgan fingerprint density at radius 3 is 2.59 bits per heavy atom. The molecule has 0 aliphatic heterocycles. The largest absolute Gasteiger partial charge is 0.497 e. The summed E-state index contributed by atoms with van der Waals surface area (Å²) < 4.78 is 7.29. The SMILES string of the molecule is COc1ccc(CC(=O)NCCc2nc3ccccc3n2Cc2ccc(Cl)cc2Cl)cc1. The van der Waals surface area contributed by atoms with Crippen LogP contribution in [0.25, 0.3) is 11.0 Å². The number of ether oxygens (including phenoxy) is 1. The van der Waals surface area contributed by atoms with Crippen molar-refractivity contribution in [3.63, 3.8) is 0 Å². The van der Waals surface area contributed by atoms with Crippen molar-refractivity contribution in [3.05, 3.63) is 93.7 Å². The minimum absolute atomic E-state index is 0.0291. The summed E-state index contributed by atoms with van der Waals surface area (Å²) in [4.78, 5) is 17.2. The number of hydrogen-bond acceptors (Lipinski definition) is 3. The summed E-state index contributed by atoms with van der Waals surface area (Å²) in [6.07, 6.45) is 0.926. The predicted octanol–water partition coefficient (Wildman–Crippen LogP) is 5.30. The van der Waals surface area contributed by atoms with Crippen molar-refractivity contribution in [2.24, 2.45) is 0 Å². The monoisotopic (exact) mass is 467 g/mol. The van der Waals surface area contributed by atoms with Crippen LogP contribution in [-0.2, 0) is 24.2 Å². The number of carbonyl (C=O) groups excluding carboxylic acids is 1. The lowest BCUT2D eigenvalue weighted by Gasteiger charge is -2.12. The summed E-state index contributed by atoms with van der Waals surface area (Å²) in [5.74, 6) is 1.63. The molecular weight excluding hydrogens is 445 g/mol. The number of fused-ring (bicyclic) bond motifs is 1. The van der Waals surface area contributed by atoms with E-state index in [-0.39, 0.29) is 5.91 Å². The van der Waals surface area contributed by atoms with Crippen molar-refractivity contribution < 1.29 is 9.53 Å². The van der Waals surface area contributed by atoms with E-state index in [4.69, 9.17) is 32.9 Å². The van der Waals surface area contributed by atoms with Crippen LogP contribution in [0.2, 0.25) is 10.0 Å². The molecule has 0 fully saturated rings. The van der Waals surface area contributed by atoms with E-state index < -0.39 is 0 Å². The Kier molecular flexibility index (Phi) is 6.98. The number of amides is 1. The van der Waals surface area contributed by atoms with Gasteiger partial charge < -0.3 is 14.6 Å². The zero-order valence-electron chi connectivity index (χ0n) is 17.6. The van der Waals surface area contributed by atoms with Gasteiger partial charge in [0.15, 0.2) is 0 Å². The van der Waals surface area contributed by atoms with Gasteiger partial charge in [0.2, 0.25) is 5.91 Å². The van der Waals surface area contributed by atoms with Crippen molar-refractivity contribution in [1.82, 2.24) is 14.9 Å². The molecule has 0 saturated carbocycles. The molecule has 0 spiro atoms. The first kappa shape index (κ1) is 22.2. The lowest BCUT2D eigenvalue weighted by molar-refractivity contribution is -0.120. The molecule has 164 valence electrons. The van der Waals surface area contributed by atoms with Crippen LogP contribution >= 0.6 is 23.2 Å². The van der Waals surface area contributed by atoms with Crippen LogP contribution < -0.4 is 10.1 Å². The molecule has 0 aliphatic carbocycles. The molecule has 7 heteroatoms. The zero-order valence-corrected chi connectivity index (χ0v) is 19.2. The highest BCUT2D eigenvalue weighted by atomic mass is 35.5. The summed E-state index contributed by atoms with van der Waals surface area (Å²) in [7, 11) is 1.62. The Morgan fingerprint density at radius 1 is 1.06 bits per heavy atom. The first-order valence-electron chi connectivity index (χ1n) is 10.3. The lowest BCUT2D eigenvalue weighted by Crippen LogP contribution is -2.28. The molecule has 3 aromatic carbocycles.